The first-order valence-electron chi connectivity index (χ1n) is 6.41. The fourth-order valence-electron chi connectivity index (χ4n) is 2.30. The van der Waals surface area contributed by atoms with E-state index in [9.17, 15) is 4.79 Å². The van der Waals surface area contributed by atoms with E-state index in [-0.39, 0.29) is 11.9 Å². The Labute approximate surface area is 97.8 Å². The second-order valence-corrected chi connectivity index (χ2v) is 5.18. The predicted molar refractivity (Wildman–Crippen MR) is 64.2 cm³/mol. The molecule has 92 valence electrons. The SMILES string of the molecule is CC1CC1CNC(=O)C(C)N1CCNCC1. The molecular formula is C12H23N3O. The van der Waals surface area contributed by atoms with Gasteiger partial charge in [0.15, 0.2) is 0 Å². The smallest absolute Gasteiger partial charge is 0.237 e. The van der Waals surface area contributed by atoms with Crippen molar-refractivity contribution in [3.63, 3.8) is 0 Å². The maximum atomic E-state index is 11.9. The van der Waals surface area contributed by atoms with Gasteiger partial charge in [-0.1, -0.05) is 6.92 Å². The van der Waals surface area contributed by atoms with Crippen LogP contribution >= 0.6 is 0 Å². The van der Waals surface area contributed by atoms with Crippen LogP contribution < -0.4 is 10.6 Å². The van der Waals surface area contributed by atoms with Gasteiger partial charge in [0.2, 0.25) is 5.91 Å². The number of carbonyl (C=O) groups excluding carboxylic acids is 1. The van der Waals surface area contributed by atoms with Gasteiger partial charge >= 0.3 is 0 Å². The van der Waals surface area contributed by atoms with E-state index >= 15 is 0 Å². The predicted octanol–water partition coefficient (Wildman–Crippen LogP) is 0.0523. The van der Waals surface area contributed by atoms with E-state index in [0.717, 1.165) is 44.6 Å². The average molecular weight is 225 g/mol. The topological polar surface area (TPSA) is 44.4 Å². The lowest BCUT2D eigenvalue weighted by Gasteiger charge is -2.31. The number of nitrogens with one attached hydrogen (secondary N) is 2. The summed E-state index contributed by atoms with van der Waals surface area (Å²) in [6, 6.07) is 0.0242. The molecule has 3 atom stereocenters. The average Bonchev–Trinajstić information content (AvgIpc) is 3.02. The Morgan fingerprint density at radius 1 is 1.50 bits per heavy atom. The quantitative estimate of drug-likeness (QED) is 0.711. The Balaban J connectivity index is 1.70. The van der Waals surface area contributed by atoms with Crippen molar-refractivity contribution in [2.45, 2.75) is 26.3 Å². The van der Waals surface area contributed by atoms with E-state index in [4.69, 9.17) is 0 Å². The largest absolute Gasteiger partial charge is 0.354 e. The van der Waals surface area contributed by atoms with Crippen LogP contribution in [-0.4, -0.2) is 49.6 Å². The molecule has 1 aliphatic carbocycles. The minimum atomic E-state index is 0.0242. The van der Waals surface area contributed by atoms with Crippen LogP contribution in [0.4, 0.5) is 0 Å². The zero-order chi connectivity index (χ0) is 11.5. The highest BCUT2D eigenvalue weighted by Gasteiger charge is 2.33. The van der Waals surface area contributed by atoms with Crippen molar-refractivity contribution >= 4 is 5.91 Å². The molecule has 0 aromatic rings. The number of carbonyl (C=O) groups is 1. The van der Waals surface area contributed by atoms with Crippen molar-refractivity contribution in [2.75, 3.05) is 32.7 Å². The fraction of sp³-hybridized carbons (Fsp3) is 0.917. The van der Waals surface area contributed by atoms with Crippen LogP contribution in [0.2, 0.25) is 0 Å². The van der Waals surface area contributed by atoms with Crippen molar-refractivity contribution in [1.29, 1.82) is 0 Å². The van der Waals surface area contributed by atoms with E-state index in [1.165, 1.54) is 6.42 Å². The van der Waals surface area contributed by atoms with E-state index in [0.29, 0.717) is 0 Å². The standard InChI is InChI=1S/C12H23N3O/c1-9-7-11(9)8-14-12(16)10(2)15-5-3-13-4-6-15/h9-11,13H,3-8H2,1-2H3,(H,14,16). The Hall–Kier alpha value is -0.610. The summed E-state index contributed by atoms with van der Waals surface area (Å²) >= 11 is 0. The summed E-state index contributed by atoms with van der Waals surface area (Å²) in [6.07, 6.45) is 1.28. The van der Waals surface area contributed by atoms with Gasteiger partial charge < -0.3 is 10.6 Å². The van der Waals surface area contributed by atoms with Crippen LogP contribution in [0.3, 0.4) is 0 Å². The van der Waals surface area contributed by atoms with Crippen LogP contribution in [0.15, 0.2) is 0 Å². The van der Waals surface area contributed by atoms with Crippen molar-refractivity contribution in [3.8, 4) is 0 Å². The lowest BCUT2D eigenvalue weighted by atomic mass is 10.2. The first kappa shape index (κ1) is 11.9. The van der Waals surface area contributed by atoms with Crippen LogP contribution in [-0.2, 0) is 4.79 Å². The summed E-state index contributed by atoms with van der Waals surface area (Å²) < 4.78 is 0. The molecule has 16 heavy (non-hydrogen) atoms. The minimum Gasteiger partial charge on any atom is -0.354 e. The highest BCUT2D eigenvalue weighted by atomic mass is 16.2. The number of rotatable bonds is 4. The minimum absolute atomic E-state index is 0.0242. The van der Waals surface area contributed by atoms with Gasteiger partial charge in [-0.2, -0.15) is 0 Å². The van der Waals surface area contributed by atoms with Gasteiger partial charge in [-0.15, -0.1) is 0 Å². The van der Waals surface area contributed by atoms with Gasteiger partial charge in [-0.05, 0) is 25.2 Å². The lowest BCUT2D eigenvalue weighted by molar-refractivity contribution is -0.126. The van der Waals surface area contributed by atoms with Crippen LogP contribution in [0.1, 0.15) is 20.3 Å². The Bertz CT molecular complexity index is 251. The van der Waals surface area contributed by atoms with Crippen molar-refractivity contribution in [2.24, 2.45) is 11.8 Å². The highest BCUT2D eigenvalue weighted by Crippen LogP contribution is 2.36. The van der Waals surface area contributed by atoms with Crippen LogP contribution in [0.5, 0.6) is 0 Å². The fourth-order valence-corrected chi connectivity index (χ4v) is 2.30. The van der Waals surface area contributed by atoms with Gasteiger partial charge in [0.25, 0.3) is 0 Å². The molecule has 2 fully saturated rings. The molecule has 3 unspecified atom stereocenters. The third-order valence-corrected chi connectivity index (χ3v) is 3.89. The third kappa shape index (κ3) is 2.95. The summed E-state index contributed by atoms with van der Waals surface area (Å²) in [5.41, 5.74) is 0. The molecule has 1 saturated heterocycles. The van der Waals surface area contributed by atoms with Gasteiger partial charge in [0.1, 0.15) is 0 Å². The molecular weight excluding hydrogens is 202 g/mol. The molecule has 0 spiro atoms. The molecule has 0 aromatic heterocycles. The number of amides is 1. The third-order valence-electron chi connectivity index (χ3n) is 3.89. The molecule has 1 amide bonds. The Morgan fingerprint density at radius 3 is 2.69 bits per heavy atom. The maximum Gasteiger partial charge on any atom is 0.237 e. The molecule has 4 heteroatoms. The summed E-state index contributed by atoms with van der Waals surface area (Å²) in [4.78, 5) is 14.2. The van der Waals surface area contributed by atoms with Gasteiger partial charge in [-0.25, -0.2) is 0 Å². The first-order chi connectivity index (χ1) is 7.68. The molecule has 2 aliphatic rings. The molecule has 1 saturated carbocycles. The lowest BCUT2D eigenvalue weighted by Crippen LogP contribution is -2.52. The van der Waals surface area contributed by atoms with E-state index in [1.54, 1.807) is 0 Å². The van der Waals surface area contributed by atoms with E-state index < -0.39 is 0 Å². The van der Waals surface area contributed by atoms with Crippen LogP contribution in [0.25, 0.3) is 0 Å². The van der Waals surface area contributed by atoms with Crippen molar-refractivity contribution in [1.82, 2.24) is 15.5 Å². The highest BCUT2D eigenvalue weighted by molar-refractivity contribution is 5.81. The summed E-state index contributed by atoms with van der Waals surface area (Å²) in [5.74, 6) is 1.75. The Morgan fingerprint density at radius 2 is 2.12 bits per heavy atom. The summed E-state index contributed by atoms with van der Waals surface area (Å²) in [5, 5.41) is 6.37. The summed E-state index contributed by atoms with van der Waals surface area (Å²) in [7, 11) is 0. The van der Waals surface area contributed by atoms with Gasteiger partial charge in [-0.3, -0.25) is 9.69 Å². The van der Waals surface area contributed by atoms with Crippen molar-refractivity contribution < 1.29 is 4.79 Å². The number of piperazine rings is 1. The summed E-state index contributed by atoms with van der Waals surface area (Å²) in [6.45, 7) is 9.08. The molecule has 0 radical (unpaired) electrons. The number of hydrogen-bond acceptors (Lipinski definition) is 3. The molecule has 0 aromatic carbocycles. The molecule has 4 nitrogen and oxygen atoms in total. The molecule has 1 aliphatic heterocycles. The molecule has 0 bridgehead atoms. The van der Waals surface area contributed by atoms with E-state index in [2.05, 4.69) is 22.5 Å². The first-order valence-corrected chi connectivity index (χ1v) is 6.41. The Kier molecular flexibility index (Phi) is 3.82. The normalized spacial score (nSPS) is 32.1. The van der Waals surface area contributed by atoms with Crippen LogP contribution in [0, 0.1) is 11.8 Å². The van der Waals surface area contributed by atoms with Gasteiger partial charge in [0.05, 0.1) is 6.04 Å². The second-order valence-electron chi connectivity index (χ2n) is 5.18. The molecule has 2 rings (SSSR count). The zero-order valence-electron chi connectivity index (χ0n) is 10.3. The van der Waals surface area contributed by atoms with E-state index in [1.807, 2.05) is 6.92 Å². The maximum absolute atomic E-state index is 11.9. The number of nitrogens with zero attached hydrogens (tertiary/aromatic N) is 1. The molecule has 2 N–H and O–H groups in total. The van der Waals surface area contributed by atoms with Crippen molar-refractivity contribution in [3.05, 3.63) is 0 Å². The number of hydrogen-bond donors (Lipinski definition) is 2. The van der Waals surface area contributed by atoms with Gasteiger partial charge in [0, 0.05) is 32.7 Å². The monoisotopic (exact) mass is 225 g/mol. The molecule has 1 heterocycles. The second kappa shape index (κ2) is 5.15. The zero-order valence-corrected chi connectivity index (χ0v) is 10.3.